The van der Waals surface area contributed by atoms with E-state index in [1.807, 2.05) is 0 Å². The molecule has 0 aliphatic carbocycles. The molecule has 7 nitrogen and oxygen atoms in total. The molecule has 1 heterocycles. The summed E-state index contributed by atoms with van der Waals surface area (Å²) in [4.78, 5) is 3.98. The van der Waals surface area contributed by atoms with Crippen LogP contribution in [0.1, 0.15) is 17.2 Å². The summed E-state index contributed by atoms with van der Waals surface area (Å²) in [5.41, 5.74) is 1.89. The number of hydrogen-bond acceptors (Lipinski definition) is 6. The average Bonchev–Trinajstić information content (AvgIpc) is 3.25. The molecule has 3 rings (SSSR count). The fraction of sp³-hybridized carbons (Fsp3) is 0.200. The Morgan fingerprint density at radius 2 is 1.71 bits per heavy atom. The van der Waals surface area contributed by atoms with Crippen molar-refractivity contribution in [3.8, 4) is 17.2 Å². The van der Waals surface area contributed by atoms with Crippen molar-refractivity contribution in [2.45, 2.75) is 6.10 Å². The molecule has 1 unspecified atom stereocenters. The quantitative estimate of drug-likeness (QED) is 0.650. The molecule has 1 atom stereocenters. The Labute approximate surface area is 167 Å². The zero-order valence-electron chi connectivity index (χ0n) is 15.7. The molecule has 1 N–H and O–H groups in total. The second kappa shape index (κ2) is 8.77. The second-order valence-corrected chi connectivity index (χ2v) is 6.26. The van der Waals surface area contributed by atoms with Gasteiger partial charge >= 0.3 is 0 Å². The van der Waals surface area contributed by atoms with Gasteiger partial charge in [0.1, 0.15) is 18.8 Å². The number of nitrogens with zero attached hydrogens (tertiary/aromatic N) is 3. The molecule has 0 radical (unpaired) electrons. The monoisotopic (exact) mass is 401 g/mol. The molecule has 0 bridgehead atoms. The number of aliphatic hydroxyl groups excluding tert-OH is 1. The molecule has 0 amide bonds. The van der Waals surface area contributed by atoms with Gasteiger partial charge in [-0.3, -0.25) is 0 Å². The van der Waals surface area contributed by atoms with Crippen LogP contribution in [0.5, 0.6) is 17.2 Å². The largest absolute Gasteiger partial charge is 0.493 e. The van der Waals surface area contributed by atoms with E-state index in [0.29, 0.717) is 33.5 Å². The molecule has 0 saturated heterocycles. The minimum atomic E-state index is -0.960. The van der Waals surface area contributed by atoms with Crippen LogP contribution in [0.25, 0.3) is 11.8 Å². The zero-order chi connectivity index (χ0) is 20.1. The van der Waals surface area contributed by atoms with Crippen LogP contribution in [0.15, 0.2) is 49.1 Å². The maximum absolute atomic E-state index is 11.0. The predicted molar refractivity (Wildman–Crippen MR) is 107 cm³/mol. The van der Waals surface area contributed by atoms with E-state index in [0.717, 1.165) is 5.56 Å². The maximum atomic E-state index is 11.0. The van der Waals surface area contributed by atoms with Crippen LogP contribution in [0, 0.1) is 0 Å². The highest BCUT2D eigenvalue weighted by Gasteiger charge is 2.18. The SMILES string of the molecule is COc1cc(/C=C(\C(O)c2ccc(Cl)cc2)n2cncn2)cc(OC)c1OC. The lowest BCUT2D eigenvalue weighted by molar-refractivity contribution is 0.231. The molecule has 8 heteroatoms. The third-order valence-electron chi connectivity index (χ3n) is 4.15. The van der Waals surface area contributed by atoms with Crippen LogP contribution in [0.3, 0.4) is 0 Å². The summed E-state index contributed by atoms with van der Waals surface area (Å²) >= 11 is 5.96. The van der Waals surface area contributed by atoms with Crippen molar-refractivity contribution in [3.05, 3.63) is 65.2 Å². The molecule has 0 fully saturated rings. The van der Waals surface area contributed by atoms with Gasteiger partial charge in [-0.15, -0.1) is 0 Å². The molecule has 3 aromatic rings. The van der Waals surface area contributed by atoms with Gasteiger partial charge in [0.15, 0.2) is 11.5 Å². The van der Waals surface area contributed by atoms with Crippen molar-refractivity contribution in [3.63, 3.8) is 0 Å². The van der Waals surface area contributed by atoms with E-state index < -0.39 is 6.10 Å². The topological polar surface area (TPSA) is 78.6 Å². The molecule has 146 valence electrons. The summed E-state index contributed by atoms with van der Waals surface area (Å²) < 4.78 is 17.7. The Balaban J connectivity index is 2.11. The van der Waals surface area contributed by atoms with Crippen LogP contribution in [0.4, 0.5) is 0 Å². The smallest absolute Gasteiger partial charge is 0.203 e. The third-order valence-corrected chi connectivity index (χ3v) is 4.40. The molecule has 0 spiro atoms. The highest BCUT2D eigenvalue weighted by atomic mass is 35.5. The van der Waals surface area contributed by atoms with Crippen molar-refractivity contribution < 1.29 is 19.3 Å². The van der Waals surface area contributed by atoms with E-state index in [2.05, 4.69) is 10.1 Å². The van der Waals surface area contributed by atoms with Gasteiger partial charge in [-0.25, -0.2) is 9.67 Å². The summed E-state index contributed by atoms with van der Waals surface area (Å²) in [5.74, 6) is 1.50. The van der Waals surface area contributed by atoms with E-state index in [1.54, 1.807) is 63.8 Å². The molecular weight excluding hydrogens is 382 g/mol. The van der Waals surface area contributed by atoms with Gasteiger partial charge in [0, 0.05) is 5.02 Å². The van der Waals surface area contributed by atoms with Gasteiger partial charge in [-0.1, -0.05) is 23.7 Å². The molecule has 2 aromatic carbocycles. The van der Waals surface area contributed by atoms with Crippen LogP contribution in [0.2, 0.25) is 5.02 Å². The van der Waals surface area contributed by atoms with E-state index in [1.165, 1.54) is 17.3 Å². The number of ether oxygens (including phenoxy) is 3. The Morgan fingerprint density at radius 1 is 1.07 bits per heavy atom. The first-order valence-corrected chi connectivity index (χ1v) is 8.75. The van der Waals surface area contributed by atoms with Crippen molar-refractivity contribution in [2.75, 3.05) is 21.3 Å². The fourth-order valence-corrected chi connectivity index (χ4v) is 2.91. The first-order valence-electron chi connectivity index (χ1n) is 8.37. The fourth-order valence-electron chi connectivity index (χ4n) is 2.78. The first kappa shape index (κ1) is 19.7. The van der Waals surface area contributed by atoms with E-state index in [-0.39, 0.29) is 0 Å². The predicted octanol–water partition coefficient (Wildman–Crippen LogP) is 3.69. The van der Waals surface area contributed by atoms with Crippen LogP contribution in [-0.2, 0) is 0 Å². The van der Waals surface area contributed by atoms with Crippen molar-refractivity contribution in [1.29, 1.82) is 0 Å². The van der Waals surface area contributed by atoms with Gasteiger partial charge in [-0.05, 0) is 41.5 Å². The lowest BCUT2D eigenvalue weighted by atomic mass is 10.0. The molecular formula is C20H20ClN3O4. The standard InChI is InChI=1S/C20H20ClN3O4/c1-26-17-9-13(10-18(27-2)20(17)28-3)8-16(24-12-22-11-23-24)19(25)14-4-6-15(21)7-5-14/h4-12,19,25H,1-3H3/b16-8+. The van der Waals surface area contributed by atoms with E-state index >= 15 is 0 Å². The van der Waals surface area contributed by atoms with Crippen LogP contribution >= 0.6 is 11.6 Å². The highest BCUT2D eigenvalue weighted by molar-refractivity contribution is 6.30. The maximum Gasteiger partial charge on any atom is 0.203 e. The lowest BCUT2D eigenvalue weighted by Gasteiger charge is -2.17. The van der Waals surface area contributed by atoms with Gasteiger partial charge in [0.05, 0.1) is 27.0 Å². The summed E-state index contributed by atoms with van der Waals surface area (Å²) in [5, 5.41) is 15.7. The summed E-state index contributed by atoms with van der Waals surface area (Å²) in [7, 11) is 4.64. The van der Waals surface area contributed by atoms with Crippen molar-refractivity contribution in [1.82, 2.24) is 14.8 Å². The van der Waals surface area contributed by atoms with E-state index in [9.17, 15) is 5.11 Å². The van der Waals surface area contributed by atoms with E-state index in [4.69, 9.17) is 25.8 Å². The number of aliphatic hydroxyl groups is 1. The normalized spacial score (nSPS) is 12.5. The van der Waals surface area contributed by atoms with Crippen molar-refractivity contribution >= 4 is 23.4 Å². The summed E-state index contributed by atoms with van der Waals surface area (Å²) in [6.07, 6.45) is 3.73. The lowest BCUT2D eigenvalue weighted by Crippen LogP contribution is -2.08. The minimum absolute atomic E-state index is 0.489. The Morgan fingerprint density at radius 3 is 2.21 bits per heavy atom. The number of hydrogen-bond donors (Lipinski definition) is 1. The molecule has 0 saturated carbocycles. The number of aromatic nitrogens is 3. The second-order valence-electron chi connectivity index (χ2n) is 5.82. The molecule has 28 heavy (non-hydrogen) atoms. The number of benzene rings is 2. The Kier molecular flexibility index (Phi) is 6.18. The van der Waals surface area contributed by atoms with Gasteiger partial charge in [-0.2, -0.15) is 5.10 Å². The van der Waals surface area contributed by atoms with Crippen LogP contribution < -0.4 is 14.2 Å². The molecule has 0 aliphatic heterocycles. The van der Waals surface area contributed by atoms with Crippen LogP contribution in [-0.4, -0.2) is 41.2 Å². The van der Waals surface area contributed by atoms with Crippen molar-refractivity contribution in [2.24, 2.45) is 0 Å². The van der Waals surface area contributed by atoms with Gasteiger partial charge in [0.25, 0.3) is 0 Å². The number of halogens is 1. The number of rotatable bonds is 7. The molecule has 1 aromatic heterocycles. The average molecular weight is 402 g/mol. The number of methoxy groups -OCH3 is 3. The van der Waals surface area contributed by atoms with Gasteiger partial charge in [0.2, 0.25) is 5.75 Å². The third kappa shape index (κ3) is 4.11. The summed E-state index contributed by atoms with van der Waals surface area (Å²) in [6.45, 7) is 0. The Bertz CT molecular complexity index is 931. The first-order chi connectivity index (χ1) is 13.6. The summed E-state index contributed by atoms with van der Waals surface area (Å²) in [6, 6.07) is 10.5. The van der Waals surface area contributed by atoms with Gasteiger partial charge < -0.3 is 19.3 Å². The molecule has 0 aliphatic rings. The Hall–Kier alpha value is -3.03. The zero-order valence-corrected chi connectivity index (χ0v) is 16.4. The minimum Gasteiger partial charge on any atom is -0.493 e. The highest BCUT2D eigenvalue weighted by Crippen LogP contribution is 2.39.